The van der Waals surface area contributed by atoms with Crippen LogP contribution >= 0.6 is 0 Å². The van der Waals surface area contributed by atoms with Crippen molar-refractivity contribution in [3.63, 3.8) is 0 Å². The van der Waals surface area contributed by atoms with Gasteiger partial charge in [-0.1, -0.05) is 80.6 Å². The number of aliphatic hydroxyl groups is 1. The molecule has 2 aromatic carbocycles. The molecule has 2 nitrogen and oxygen atoms in total. The molecule has 2 atom stereocenters. The van der Waals surface area contributed by atoms with E-state index in [4.69, 9.17) is 4.99 Å². The smallest absolute Gasteiger partial charge is 0.0944 e. The number of aliphatic imine (C=N–C) groups is 1. The van der Waals surface area contributed by atoms with Crippen LogP contribution in [0.2, 0.25) is 0 Å². The average Bonchev–Trinajstić information content (AvgIpc) is 2.56. The second kappa shape index (κ2) is 8.44. The number of nitrogens with zero attached hydrogens (tertiary/aromatic N) is 1. The zero-order chi connectivity index (χ0) is 16.7. The van der Waals surface area contributed by atoms with Gasteiger partial charge in [0.2, 0.25) is 0 Å². The molecule has 0 bridgehead atoms. The fourth-order valence-corrected chi connectivity index (χ4v) is 2.58. The highest BCUT2D eigenvalue weighted by atomic mass is 16.3. The van der Waals surface area contributed by atoms with Gasteiger partial charge in [0.25, 0.3) is 0 Å². The van der Waals surface area contributed by atoms with Gasteiger partial charge in [0.1, 0.15) is 0 Å². The van der Waals surface area contributed by atoms with Gasteiger partial charge in [0.05, 0.1) is 17.9 Å². The van der Waals surface area contributed by atoms with Crippen LogP contribution in [0.1, 0.15) is 31.4 Å². The Balaban J connectivity index is 2.42. The maximum Gasteiger partial charge on any atom is 0.0944 e. The molecule has 0 saturated carbocycles. The number of hydrogen-bond donors (Lipinski definition) is 1. The first-order chi connectivity index (χ1) is 11.1. The standard InChI is InChI=1S/C21H25NO/c1-4-19(20(23)15-16(2)3)22-21(17-11-7-5-8-12-17)18-13-9-6-10-14-18/h4-14,16,19-20,23H,1,15H2,2-3H3/t19-,20+/m0/s1. The minimum Gasteiger partial charge on any atom is -0.391 e. The van der Waals surface area contributed by atoms with Crippen molar-refractivity contribution in [3.05, 3.63) is 84.4 Å². The van der Waals surface area contributed by atoms with E-state index >= 15 is 0 Å². The van der Waals surface area contributed by atoms with Gasteiger partial charge in [-0.2, -0.15) is 0 Å². The molecule has 0 radical (unpaired) electrons. The molecule has 0 unspecified atom stereocenters. The Morgan fingerprint density at radius 1 is 1.00 bits per heavy atom. The van der Waals surface area contributed by atoms with Crippen molar-refractivity contribution in [2.75, 3.05) is 0 Å². The van der Waals surface area contributed by atoms with Crippen LogP contribution in [0.25, 0.3) is 0 Å². The quantitative estimate of drug-likeness (QED) is 0.593. The molecule has 0 amide bonds. The van der Waals surface area contributed by atoms with Crippen LogP contribution in [0.5, 0.6) is 0 Å². The number of hydrogen-bond acceptors (Lipinski definition) is 2. The van der Waals surface area contributed by atoms with Gasteiger partial charge < -0.3 is 5.11 Å². The summed E-state index contributed by atoms with van der Waals surface area (Å²) in [5.74, 6) is 0.416. The van der Waals surface area contributed by atoms with Gasteiger partial charge in [-0.3, -0.25) is 4.99 Å². The second-order valence-electron chi connectivity index (χ2n) is 6.13. The van der Waals surface area contributed by atoms with E-state index in [2.05, 4.69) is 20.4 Å². The lowest BCUT2D eigenvalue weighted by Gasteiger charge is -2.20. The average molecular weight is 307 g/mol. The third kappa shape index (κ3) is 4.90. The summed E-state index contributed by atoms with van der Waals surface area (Å²) in [7, 11) is 0. The van der Waals surface area contributed by atoms with E-state index in [9.17, 15) is 5.11 Å². The number of aliphatic hydroxyl groups excluding tert-OH is 1. The fraction of sp³-hybridized carbons (Fsp3) is 0.286. The molecule has 0 fully saturated rings. The monoisotopic (exact) mass is 307 g/mol. The van der Waals surface area contributed by atoms with Crippen LogP contribution in [0.15, 0.2) is 78.3 Å². The van der Waals surface area contributed by atoms with Gasteiger partial charge in [-0.25, -0.2) is 0 Å². The van der Waals surface area contributed by atoms with Crippen molar-refractivity contribution >= 4 is 5.71 Å². The van der Waals surface area contributed by atoms with E-state index in [0.717, 1.165) is 16.8 Å². The van der Waals surface area contributed by atoms with Crippen LogP contribution in [0.3, 0.4) is 0 Å². The summed E-state index contributed by atoms with van der Waals surface area (Å²) in [6.07, 6.45) is 1.92. The highest BCUT2D eigenvalue weighted by Gasteiger charge is 2.18. The molecule has 0 aliphatic carbocycles. The summed E-state index contributed by atoms with van der Waals surface area (Å²) in [6.45, 7) is 8.06. The van der Waals surface area contributed by atoms with Crippen molar-refractivity contribution in [1.82, 2.24) is 0 Å². The van der Waals surface area contributed by atoms with E-state index < -0.39 is 6.10 Å². The van der Waals surface area contributed by atoms with Gasteiger partial charge in [-0.15, -0.1) is 6.58 Å². The molecule has 0 aliphatic heterocycles. The summed E-state index contributed by atoms with van der Waals surface area (Å²) in [5, 5.41) is 10.4. The fourth-order valence-electron chi connectivity index (χ4n) is 2.58. The van der Waals surface area contributed by atoms with E-state index in [0.29, 0.717) is 12.3 Å². The lowest BCUT2D eigenvalue weighted by molar-refractivity contribution is 0.136. The topological polar surface area (TPSA) is 32.6 Å². The number of rotatable bonds is 7. The zero-order valence-electron chi connectivity index (χ0n) is 13.9. The van der Waals surface area contributed by atoms with E-state index in [1.165, 1.54) is 0 Å². The summed E-state index contributed by atoms with van der Waals surface area (Å²) >= 11 is 0. The lowest BCUT2D eigenvalue weighted by Crippen LogP contribution is -2.25. The third-order valence-electron chi connectivity index (χ3n) is 3.72. The first-order valence-electron chi connectivity index (χ1n) is 8.11. The second-order valence-corrected chi connectivity index (χ2v) is 6.13. The van der Waals surface area contributed by atoms with Gasteiger partial charge >= 0.3 is 0 Å². The first kappa shape index (κ1) is 17.2. The van der Waals surface area contributed by atoms with Crippen LogP contribution < -0.4 is 0 Å². The summed E-state index contributed by atoms with van der Waals surface area (Å²) in [5.41, 5.74) is 2.98. The van der Waals surface area contributed by atoms with Gasteiger partial charge in [0, 0.05) is 11.1 Å². The van der Waals surface area contributed by atoms with Crippen molar-refractivity contribution in [1.29, 1.82) is 0 Å². The van der Waals surface area contributed by atoms with Gasteiger partial charge in [0.15, 0.2) is 0 Å². The molecule has 1 N–H and O–H groups in total. The predicted octanol–water partition coefficient (Wildman–Crippen LogP) is 4.49. The van der Waals surface area contributed by atoms with E-state index in [1.807, 2.05) is 60.7 Å². The van der Waals surface area contributed by atoms with E-state index in [1.54, 1.807) is 6.08 Å². The Morgan fingerprint density at radius 3 is 1.87 bits per heavy atom. The van der Waals surface area contributed by atoms with Crippen molar-refractivity contribution < 1.29 is 5.11 Å². The largest absolute Gasteiger partial charge is 0.391 e. The molecular formula is C21H25NO. The summed E-state index contributed by atoms with van der Waals surface area (Å²) in [6, 6.07) is 19.8. The Kier molecular flexibility index (Phi) is 6.30. The van der Waals surface area contributed by atoms with E-state index in [-0.39, 0.29) is 6.04 Å². The minimum absolute atomic E-state index is 0.312. The van der Waals surface area contributed by atoms with Crippen LogP contribution in [0.4, 0.5) is 0 Å². The number of benzene rings is 2. The normalized spacial score (nSPS) is 13.4. The summed E-state index contributed by atoms with van der Waals surface area (Å²) in [4.78, 5) is 4.84. The molecular weight excluding hydrogens is 282 g/mol. The minimum atomic E-state index is -0.519. The molecule has 120 valence electrons. The molecule has 2 rings (SSSR count). The Morgan fingerprint density at radius 2 is 1.48 bits per heavy atom. The van der Waals surface area contributed by atoms with Crippen molar-refractivity contribution in [2.24, 2.45) is 10.9 Å². The Bertz CT molecular complexity index is 590. The van der Waals surface area contributed by atoms with Crippen LogP contribution in [0, 0.1) is 5.92 Å². The molecule has 0 aromatic heterocycles. The highest BCUT2D eigenvalue weighted by Crippen LogP contribution is 2.17. The maximum absolute atomic E-state index is 10.4. The van der Waals surface area contributed by atoms with Crippen LogP contribution in [-0.2, 0) is 0 Å². The molecule has 0 heterocycles. The lowest BCUT2D eigenvalue weighted by atomic mass is 9.98. The Hall–Kier alpha value is -2.19. The molecule has 2 aromatic rings. The third-order valence-corrected chi connectivity index (χ3v) is 3.72. The van der Waals surface area contributed by atoms with Crippen molar-refractivity contribution in [2.45, 2.75) is 32.4 Å². The predicted molar refractivity (Wildman–Crippen MR) is 98.0 cm³/mol. The van der Waals surface area contributed by atoms with Crippen LogP contribution in [-0.4, -0.2) is 23.0 Å². The molecule has 2 heteroatoms. The molecule has 0 spiro atoms. The first-order valence-corrected chi connectivity index (χ1v) is 8.11. The van der Waals surface area contributed by atoms with Gasteiger partial charge in [-0.05, 0) is 12.3 Å². The Labute approximate surface area is 139 Å². The molecule has 0 saturated heterocycles. The zero-order valence-corrected chi connectivity index (χ0v) is 13.9. The highest BCUT2D eigenvalue weighted by molar-refractivity contribution is 6.13. The molecule has 0 aliphatic rings. The maximum atomic E-state index is 10.4. The van der Waals surface area contributed by atoms with Crippen molar-refractivity contribution in [3.8, 4) is 0 Å². The SMILES string of the molecule is C=C[C@H](N=C(c1ccccc1)c1ccccc1)[C@H](O)CC(C)C. The molecule has 23 heavy (non-hydrogen) atoms. The summed E-state index contributed by atoms with van der Waals surface area (Å²) < 4.78 is 0.